The smallest absolute Gasteiger partial charge is 0.164 e. The first-order valence-corrected chi connectivity index (χ1v) is 19.6. The van der Waals surface area contributed by atoms with Crippen LogP contribution in [0.2, 0.25) is 0 Å². The normalized spacial score (nSPS) is 11.6. The van der Waals surface area contributed by atoms with Crippen LogP contribution >= 0.6 is 11.3 Å². The standard InChI is InChI=1S/C51H32N4S/c1-4-16-33(17-5-1)42-32-44-47(48-46(42)41-27-11-13-29-45(41)56-48)40-26-10-12-28-43(40)55(44)39-25-15-23-37(31-39)36-22-14-24-38(30-36)51-53-49(34-18-6-2-7-19-34)52-50(54-51)35-20-8-3-9-21-35/h1-32H. The van der Waals surface area contributed by atoms with E-state index in [9.17, 15) is 0 Å². The summed E-state index contributed by atoms with van der Waals surface area (Å²) in [6.07, 6.45) is 0. The second-order valence-electron chi connectivity index (χ2n) is 14.0. The molecule has 0 bridgehead atoms. The lowest BCUT2D eigenvalue weighted by Crippen LogP contribution is -2.00. The van der Waals surface area contributed by atoms with Gasteiger partial charge in [-0.15, -0.1) is 11.3 Å². The van der Waals surface area contributed by atoms with Crippen molar-refractivity contribution >= 4 is 53.3 Å². The minimum absolute atomic E-state index is 0.638. The van der Waals surface area contributed by atoms with Gasteiger partial charge in [-0.05, 0) is 58.7 Å². The maximum absolute atomic E-state index is 5.01. The monoisotopic (exact) mass is 732 g/mol. The summed E-state index contributed by atoms with van der Waals surface area (Å²) in [5, 5.41) is 5.17. The van der Waals surface area contributed by atoms with Crippen molar-refractivity contribution in [2.24, 2.45) is 0 Å². The second-order valence-corrected chi connectivity index (χ2v) is 15.1. The molecule has 0 atom stereocenters. The molecule has 0 radical (unpaired) electrons. The first-order valence-electron chi connectivity index (χ1n) is 18.8. The second kappa shape index (κ2) is 13.3. The molecule has 11 aromatic rings. The fourth-order valence-electron chi connectivity index (χ4n) is 8.06. The number of rotatable bonds is 6. The van der Waals surface area contributed by atoms with Gasteiger partial charge in [-0.25, -0.2) is 15.0 Å². The Morgan fingerprint density at radius 1 is 0.357 bits per heavy atom. The van der Waals surface area contributed by atoms with E-state index in [-0.39, 0.29) is 0 Å². The molecule has 8 aromatic carbocycles. The molecule has 0 N–H and O–H groups in total. The quantitative estimate of drug-likeness (QED) is 0.171. The number of thiophene rings is 1. The van der Waals surface area contributed by atoms with Gasteiger partial charge in [-0.2, -0.15) is 0 Å². The van der Waals surface area contributed by atoms with Gasteiger partial charge in [0, 0.05) is 53.3 Å². The number of aromatic nitrogens is 4. The summed E-state index contributed by atoms with van der Waals surface area (Å²) in [5.41, 5.74) is 11.0. The van der Waals surface area contributed by atoms with Crippen molar-refractivity contribution in [2.75, 3.05) is 0 Å². The van der Waals surface area contributed by atoms with Crippen molar-refractivity contribution in [1.29, 1.82) is 0 Å². The van der Waals surface area contributed by atoms with E-state index < -0.39 is 0 Å². The van der Waals surface area contributed by atoms with E-state index in [0.29, 0.717) is 17.5 Å². The Morgan fingerprint density at radius 2 is 0.875 bits per heavy atom. The predicted molar refractivity (Wildman–Crippen MR) is 234 cm³/mol. The summed E-state index contributed by atoms with van der Waals surface area (Å²) < 4.78 is 5.07. The highest BCUT2D eigenvalue weighted by Gasteiger charge is 2.21. The minimum atomic E-state index is 0.638. The first kappa shape index (κ1) is 32.2. The summed E-state index contributed by atoms with van der Waals surface area (Å²) in [4.78, 5) is 14.9. The fraction of sp³-hybridized carbons (Fsp3) is 0. The maximum atomic E-state index is 5.01. The number of benzene rings is 8. The van der Waals surface area contributed by atoms with Gasteiger partial charge in [0.05, 0.1) is 11.0 Å². The molecule has 0 amide bonds. The highest BCUT2D eigenvalue weighted by Crippen LogP contribution is 2.47. The molecule has 0 spiro atoms. The molecule has 5 heteroatoms. The van der Waals surface area contributed by atoms with E-state index in [4.69, 9.17) is 15.0 Å². The molecule has 3 aromatic heterocycles. The summed E-state index contributed by atoms with van der Waals surface area (Å²) in [6, 6.07) is 68.5. The average Bonchev–Trinajstić information content (AvgIpc) is 3.83. The van der Waals surface area contributed by atoms with Crippen molar-refractivity contribution in [2.45, 2.75) is 0 Å². The zero-order valence-corrected chi connectivity index (χ0v) is 31.0. The van der Waals surface area contributed by atoms with Crippen LogP contribution in [0.25, 0.3) is 104 Å². The molecule has 4 nitrogen and oxygen atoms in total. The molecule has 11 rings (SSSR count). The third kappa shape index (κ3) is 5.40. The van der Waals surface area contributed by atoms with Crippen LogP contribution < -0.4 is 0 Å². The molecule has 0 unspecified atom stereocenters. The van der Waals surface area contributed by atoms with Crippen LogP contribution in [0, 0.1) is 0 Å². The molecule has 0 saturated carbocycles. The van der Waals surface area contributed by atoms with Gasteiger partial charge in [0.2, 0.25) is 0 Å². The largest absolute Gasteiger partial charge is 0.309 e. The van der Waals surface area contributed by atoms with Gasteiger partial charge < -0.3 is 4.57 Å². The zero-order chi connectivity index (χ0) is 37.0. The number of hydrogen-bond donors (Lipinski definition) is 0. The molecular weight excluding hydrogens is 701 g/mol. The highest BCUT2D eigenvalue weighted by atomic mass is 32.1. The van der Waals surface area contributed by atoms with Crippen LogP contribution in [-0.2, 0) is 0 Å². The van der Waals surface area contributed by atoms with Crippen molar-refractivity contribution < 1.29 is 0 Å². The molecular formula is C51H32N4S. The van der Waals surface area contributed by atoms with Gasteiger partial charge >= 0.3 is 0 Å². The minimum Gasteiger partial charge on any atom is -0.309 e. The van der Waals surface area contributed by atoms with E-state index in [2.05, 4.69) is 138 Å². The third-order valence-corrected chi connectivity index (χ3v) is 11.8. The molecule has 262 valence electrons. The Labute approximate surface area is 327 Å². The van der Waals surface area contributed by atoms with Gasteiger partial charge in [0.15, 0.2) is 17.5 Å². The zero-order valence-electron chi connectivity index (χ0n) is 30.2. The van der Waals surface area contributed by atoms with E-state index in [1.165, 1.54) is 53.1 Å². The number of fused-ring (bicyclic) bond motifs is 7. The van der Waals surface area contributed by atoms with Crippen molar-refractivity contribution in [3.63, 3.8) is 0 Å². The number of nitrogens with zero attached hydrogens (tertiary/aromatic N) is 4. The molecule has 0 aliphatic heterocycles. The Balaban J connectivity index is 1.09. The van der Waals surface area contributed by atoms with E-state index in [1.807, 2.05) is 72.0 Å². The van der Waals surface area contributed by atoms with Crippen molar-refractivity contribution in [3.8, 4) is 62.1 Å². The van der Waals surface area contributed by atoms with Gasteiger partial charge in [-0.3, -0.25) is 0 Å². The van der Waals surface area contributed by atoms with Gasteiger partial charge in [0.25, 0.3) is 0 Å². The van der Waals surface area contributed by atoms with Crippen LogP contribution in [0.15, 0.2) is 194 Å². The molecule has 3 heterocycles. The predicted octanol–water partition coefficient (Wildman–Crippen LogP) is 13.7. The highest BCUT2D eigenvalue weighted by molar-refractivity contribution is 7.27. The molecule has 0 fully saturated rings. The van der Waals surface area contributed by atoms with Crippen LogP contribution in [0.5, 0.6) is 0 Å². The lowest BCUT2D eigenvalue weighted by atomic mass is 9.97. The summed E-state index contributed by atoms with van der Waals surface area (Å²) in [5.74, 6) is 1.94. The summed E-state index contributed by atoms with van der Waals surface area (Å²) >= 11 is 1.89. The van der Waals surface area contributed by atoms with Crippen LogP contribution in [-0.4, -0.2) is 19.5 Å². The Bertz CT molecular complexity index is 3180. The topological polar surface area (TPSA) is 43.6 Å². The van der Waals surface area contributed by atoms with Gasteiger partial charge in [-0.1, -0.05) is 158 Å². The Hall–Kier alpha value is -7.21. The van der Waals surface area contributed by atoms with E-state index in [1.54, 1.807) is 0 Å². The molecule has 0 aliphatic rings. The van der Waals surface area contributed by atoms with E-state index >= 15 is 0 Å². The van der Waals surface area contributed by atoms with E-state index in [0.717, 1.165) is 33.5 Å². The first-order chi connectivity index (χ1) is 27.8. The SMILES string of the molecule is c1ccc(-c2nc(-c3ccccc3)nc(-c3cccc(-c4cccc(-n5c6ccccc6c6c7sc8ccccc8c7c(-c7ccccc7)cc65)c4)c3)n2)cc1. The number of para-hydroxylation sites is 1. The lowest BCUT2D eigenvalue weighted by Gasteiger charge is -2.13. The molecule has 0 saturated heterocycles. The van der Waals surface area contributed by atoms with Crippen molar-refractivity contribution in [3.05, 3.63) is 194 Å². The summed E-state index contributed by atoms with van der Waals surface area (Å²) in [6.45, 7) is 0. The lowest BCUT2D eigenvalue weighted by molar-refractivity contribution is 1.07. The summed E-state index contributed by atoms with van der Waals surface area (Å²) in [7, 11) is 0. The average molecular weight is 733 g/mol. The van der Waals surface area contributed by atoms with Crippen LogP contribution in [0.3, 0.4) is 0 Å². The van der Waals surface area contributed by atoms with Crippen LogP contribution in [0.4, 0.5) is 0 Å². The molecule has 56 heavy (non-hydrogen) atoms. The van der Waals surface area contributed by atoms with Crippen LogP contribution in [0.1, 0.15) is 0 Å². The Morgan fingerprint density at radius 3 is 1.57 bits per heavy atom. The Kier molecular flexibility index (Phi) is 7.64. The fourth-order valence-corrected chi connectivity index (χ4v) is 9.34. The van der Waals surface area contributed by atoms with Crippen molar-refractivity contribution in [1.82, 2.24) is 19.5 Å². The third-order valence-electron chi connectivity index (χ3n) is 10.6. The molecule has 0 aliphatic carbocycles. The number of hydrogen-bond acceptors (Lipinski definition) is 4. The maximum Gasteiger partial charge on any atom is 0.164 e. The van der Waals surface area contributed by atoms with Gasteiger partial charge in [0.1, 0.15) is 0 Å².